The molecule has 8 nitrogen and oxygen atoms in total. The molecule has 3 aromatic rings. The molecule has 1 aliphatic rings. The van der Waals surface area contributed by atoms with Gasteiger partial charge in [0.1, 0.15) is 34.2 Å². The van der Waals surface area contributed by atoms with E-state index < -0.39 is 26.3 Å². The second kappa shape index (κ2) is 8.26. The number of anilines is 1. The first-order valence-electron chi connectivity index (χ1n) is 10.0. The third-order valence-corrected chi connectivity index (χ3v) is 7.12. The lowest BCUT2D eigenvalue weighted by Gasteiger charge is -2.41. The van der Waals surface area contributed by atoms with Crippen molar-refractivity contribution in [3.05, 3.63) is 60.6 Å². The van der Waals surface area contributed by atoms with Crippen LogP contribution in [0.15, 0.2) is 53.9 Å². The fourth-order valence-corrected chi connectivity index (χ4v) is 5.26. The zero-order chi connectivity index (χ0) is 22.1. The predicted molar refractivity (Wildman–Crippen MR) is 113 cm³/mol. The number of ether oxygens (including phenoxy) is 1. The van der Waals surface area contributed by atoms with Crippen molar-refractivity contribution in [3.8, 4) is 5.75 Å². The van der Waals surface area contributed by atoms with Crippen LogP contribution in [0.3, 0.4) is 0 Å². The third-order valence-electron chi connectivity index (χ3n) is 5.73. The topological polar surface area (TPSA) is 99.0 Å². The van der Waals surface area contributed by atoms with Crippen molar-refractivity contribution >= 4 is 15.8 Å². The van der Waals surface area contributed by atoms with Crippen molar-refractivity contribution in [3.63, 3.8) is 0 Å². The fourth-order valence-electron chi connectivity index (χ4n) is 4.19. The van der Waals surface area contributed by atoms with Crippen LogP contribution in [0.25, 0.3) is 0 Å². The lowest BCUT2D eigenvalue weighted by atomic mass is 9.74. The highest BCUT2D eigenvalue weighted by Gasteiger charge is 2.41. The average Bonchev–Trinajstić information content (AvgIpc) is 3.14. The molecule has 1 fully saturated rings. The number of sulfonamides is 1. The van der Waals surface area contributed by atoms with E-state index in [2.05, 4.69) is 19.8 Å². The summed E-state index contributed by atoms with van der Waals surface area (Å²) in [6.07, 6.45) is 8.18. The van der Waals surface area contributed by atoms with Crippen molar-refractivity contribution in [2.24, 2.45) is 7.05 Å². The Morgan fingerprint density at radius 1 is 1.23 bits per heavy atom. The molecule has 2 aromatic heterocycles. The van der Waals surface area contributed by atoms with Crippen LogP contribution < -0.4 is 9.46 Å². The molecule has 164 valence electrons. The van der Waals surface area contributed by atoms with Gasteiger partial charge in [-0.2, -0.15) is 5.10 Å². The van der Waals surface area contributed by atoms with E-state index in [0.29, 0.717) is 0 Å². The molecule has 31 heavy (non-hydrogen) atoms. The number of benzene rings is 1. The van der Waals surface area contributed by atoms with Crippen molar-refractivity contribution < 1.29 is 17.5 Å². The molecule has 0 spiro atoms. The molecule has 10 heteroatoms. The molecule has 0 saturated heterocycles. The van der Waals surface area contributed by atoms with Gasteiger partial charge in [-0.3, -0.25) is 9.40 Å². The maximum absolute atomic E-state index is 14.8. The van der Waals surface area contributed by atoms with Crippen molar-refractivity contribution in [2.45, 2.75) is 49.0 Å². The smallest absolute Gasteiger partial charge is 0.265 e. The molecule has 0 amide bonds. The highest BCUT2D eigenvalue weighted by molar-refractivity contribution is 7.92. The van der Waals surface area contributed by atoms with Crippen molar-refractivity contribution in [2.75, 3.05) is 4.72 Å². The van der Waals surface area contributed by atoms with Crippen LogP contribution in [-0.2, 0) is 17.1 Å². The lowest BCUT2D eigenvalue weighted by Crippen LogP contribution is -2.42. The van der Waals surface area contributed by atoms with Gasteiger partial charge in [-0.25, -0.2) is 22.8 Å². The van der Waals surface area contributed by atoms with Crippen LogP contribution in [0.5, 0.6) is 5.75 Å². The van der Waals surface area contributed by atoms with Crippen LogP contribution in [0, 0.1) is 5.82 Å². The van der Waals surface area contributed by atoms with E-state index in [-0.39, 0.29) is 17.5 Å². The number of rotatable bonds is 6. The van der Waals surface area contributed by atoms with Gasteiger partial charge >= 0.3 is 0 Å². The van der Waals surface area contributed by atoms with Gasteiger partial charge in [-0.1, -0.05) is 6.42 Å². The number of aromatic nitrogens is 4. The highest BCUT2D eigenvalue weighted by atomic mass is 32.2. The second-order valence-electron chi connectivity index (χ2n) is 7.89. The van der Waals surface area contributed by atoms with E-state index in [0.717, 1.165) is 37.4 Å². The van der Waals surface area contributed by atoms with E-state index in [1.165, 1.54) is 30.7 Å². The van der Waals surface area contributed by atoms with Gasteiger partial charge in [0.2, 0.25) is 0 Å². The van der Waals surface area contributed by atoms with E-state index in [1.807, 2.05) is 24.7 Å². The van der Waals surface area contributed by atoms with E-state index in [1.54, 1.807) is 6.20 Å². The minimum absolute atomic E-state index is 0.0588. The monoisotopic (exact) mass is 445 g/mol. The highest BCUT2D eigenvalue weighted by Crippen LogP contribution is 2.43. The Balaban J connectivity index is 1.58. The molecule has 1 N–H and O–H groups in total. The summed E-state index contributed by atoms with van der Waals surface area (Å²) < 4.78 is 50.3. The summed E-state index contributed by atoms with van der Waals surface area (Å²) in [6, 6.07) is 7.17. The molecule has 0 aliphatic heterocycles. The van der Waals surface area contributed by atoms with E-state index in [4.69, 9.17) is 4.74 Å². The Kier molecular flexibility index (Phi) is 5.65. The number of nitrogens with zero attached hydrogens (tertiary/aromatic N) is 4. The molecular formula is C21H24FN5O3S. The SMILES string of the molecule is Cn1nccc1[C@H]1CCCC[C@@]1(C)Oc1ccc(S(=O)(=O)Nc2ccncn2)c(F)c1. The summed E-state index contributed by atoms with van der Waals surface area (Å²) >= 11 is 0. The number of hydrogen-bond donors (Lipinski definition) is 1. The molecular weight excluding hydrogens is 421 g/mol. The molecule has 0 unspecified atom stereocenters. The Morgan fingerprint density at radius 2 is 2.06 bits per heavy atom. The van der Waals surface area contributed by atoms with Gasteiger partial charge in [-0.15, -0.1) is 0 Å². The largest absolute Gasteiger partial charge is 0.487 e. The van der Waals surface area contributed by atoms with Gasteiger partial charge in [-0.05, 0) is 50.5 Å². The maximum Gasteiger partial charge on any atom is 0.265 e. The number of aryl methyl sites for hydroxylation is 1. The molecule has 1 saturated carbocycles. The standard InChI is InChI=1S/C21H24FN5O3S/c1-21(10-4-3-5-16(21)18-8-12-25-27(18)2)30-15-6-7-19(17(22)13-15)31(28,29)26-20-9-11-23-14-24-20/h6-9,11-14,16H,3-5,10H2,1-2H3,(H,23,24,26)/t16-,21-/m1/s1. The lowest BCUT2D eigenvalue weighted by molar-refractivity contribution is 0.0230. The third kappa shape index (κ3) is 4.39. The summed E-state index contributed by atoms with van der Waals surface area (Å²) in [7, 11) is -2.25. The van der Waals surface area contributed by atoms with Crippen molar-refractivity contribution in [1.82, 2.24) is 19.7 Å². The number of hydrogen-bond acceptors (Lipinski definition) is 6. The summed E-state index contributed by atoms with van der Waals surface area (Å²) in [5.74, 6) is -0.450. The summed E-state index contributed by atoms with van der Waals surface area (Å²) in [4.78, 5) is 7.06. The predicted octanol–water partition coefficient (Wildman–Crippen LogP) is 3.65. The normalized spacial score (nSPS) is 21.6. The Bertz CT molecular complexity index is 1170. The minimum atomic E-state index is -4.14. The quantitative estimate of drug-likeness (QED) is 0.622. The molecule has 1 aromatic carbocycles. The first kappa shape index (κ1) is 21.2. The Hall–Kier alpha value is -3.01. The Morgan fingerprint density at radius 3 is 2.74 bits per heavy atom. The van der Waals surface area contributed by atoms with Crippen LogP contribution in [0.4, 0.5) is 10.2 Å². The molecule has 4 rings (SSSR count). The van der Waals surface area contributed by atoms with Crippen molar-refractivity contribution in [1.29, 1.82) is 0 Å². The zero-order valence-corrected chi connectivity index (χ0v) is 18.1. The number of nitrogens with one attached hydrogen (secondary N) is 1. The van der Waals surface area contributed by atoms with Crippen LogP contribution >= 0.6 is 0 Å². The molecule has 0 bridgehead atoms. The molecule has 1 aliphatic carbocycles. The fraction of sp³-hybridized carbons (Fsp3) is 0.381. The van der Waals surface area contributed by atoms with Gasteiger partial charge < -0.3 is 4.74 Å². The summed E-state index contributed by atoms with van der Waals surface area (Å²) in [5, 5.41) is 4.27. The second-order valence-corrected chi connectivity index (χ2v) is 9.54. The van der Waals surface area contributed by atoms with Crippen LogP contribution in [0.1, 0.15) is 44.2 Å². The van der Waals surface area contributed by atoms with Crippen LogP contribution in [-0.4, -0.2) is 33.8 Å². The molecule has 2 atom stereocenters. The average molecular weight is 446 g/mol. The number of halogens is 1. The molecule has 2 heterocycles. The summed E-state index contributed by atoms with van der Waals surface area (Å²) in [6.45, 7) is 2.02. The van der Waals surface area contributed by atoms with E-state index in [9.17, 15) is 12.8 Å². The van der Waals surface area contributed by atoms with E-state index >= 15 is 0 Å². The summed E-state index contributed by atoms with van der Waals surface area (Å²) in [5.41, 5.74) is 0.508. The first-order chi connectivity index (χ1) is 14.8. The van der Waals surface area contributed by atoms with Gasteiger partial charge in [0.25, 0.3) is 10.0 Å². The first-order valence-corrected chi connectivity index (χ1v) is 11.5. The minimum Gasteiger partial charge on any atom is -0.487 e. The van der Waals surface area contributed by atoms with Gasteiger partial charge in [0.05, 0.1) is 0 Å². The zero-order valence-electron chi connectivity index (χ0n) is 17.3. The van der Waals surface area contributed by atoms with Crippen LogP contribution in [0.2, 0.25) is 0 Å². The van der Waals surface area contributed by atoms with Gasteiger partial charge in [0.15, 0.2) is 0 Å². The molecule has 0 radical (unpaired) electrons. The van der Waals surface area contributed by atoms with Gasteiger partial charge in [0, 0.05) is 37.1 Å². The maximum atomic E-state index is 14.8. The Labute approximate surface area is 180 Å².